The van der Waals surface area contributed by atoms with Gasteiger partial charge >= 0.3 is 0 Å². The van der Waals surface area contributed by atoms with E-state index in [2.05, 4.69) is 6.92 Å². The molecule has 0 spiro atoms. The van der Waals surface area contributed by atoms with Crippen LogP contribution in [0.5, 0.6) is 0 Å². The van der Waals surface area contributed by atoms with Gasteiger partial charge in [-0.15, -0.1) is 0 Å². The summed E-state index contributed by atoms with van der Waals surface area (Å²) in [5.74, 6) is 0.669. The third-order valence-corrected chi connectivity index (χ3v) is 2.68. The van der Waals surface area contributed by atoms with E-state index < -0.39 is 0 Å². The van der Waals surface area contributed by atoms with Crippen molar-refractivity contribution in [3.63, 3.8) is 0 Å². The quantitative estimate of drug-likeness (QED) is 0.554. The molecule has 1 aliphatic carbocycles. The maximum atomic E-state index is 8.75. The van der Waals surface area contributed by atoms with Crippen LogP contribution in [-0.2, 0) is 4.74 Å². The van der Waals surface area contributed by atoms with Crippen LogP contribution < -0.4 is 0 Å². The molecule has 1 N–H and O–H groups in total. The average Bonchev–Trinajstić information content (AvgIpc) is 2.39. The molecule has 1 saturated heterocycles. The summed E-state index contributed by atoms with van der Waals surface area (Å²) in [6.07, 6.45) is 1.42. The van der Waals surface area contributed by atoms with Crippen LogP contribution >= 0.6 is 0 Å². The Morgan fingerprint density at radius 2 is 2.56 bits per heavy atom. The van der Waals surface area contributed by atoms with Crippen LogP contribution in [0.1, 0.15) is 13.3 Å². The van der Waals surface area contributed by atoms with E-state index in [9.17, 15) is 0 Å². The van der Waals surface area contributed by atoms with Gasteiger partial charge in [0, 0.05) is 0 Å². The second-order valence-corrected chi connectivity index (χ2v) is 3.50. The highest BCUT2D eigenvalue weighted by atomic mass is 16.5. The van der Waals surface area contributed by atoms with Crippen molar-refractivity contribution in [3.8, 4) is 0 Å². The van der Waals surface area contributed by atoms with Crippen LogP contribution in [0.15, 0.2) is 0 Å². The Kier molecular flexibility index (Phi) is 0.945. The summed E-state index contributed by atoms with van der Waals surface area (Å²) < 4.78 is 5.32. The Balaban J connectivity index is 2.04. The zero-order chi connectivity index (χ0) is 6.48. The van der Waals surface area contributed by atoms with Crippen LogP contribution in [0.4, 0.5) is 0 Å². The zero-order valence-electron chi connectivity index (χ0n) is 5.63. The minimum atomic E-state index is 0.162. The summed E-state index contributed by atoms with van der Waals surface area (Å²) in [6, 6.07) is 0. The van der Waals surface area contributed by atoms with Crippen LogP contribution in [-0.4, -0.2) is 24.4 Å². The van der Waals surface area contributed by atoms with Crippen molar-refractivity contribution in [2.75, 3.05) is 13.2 Å². The molecule has 0 bridgehead atoms. The largest absolute Gasteiger partial charge is 0.394 e. The monoisotopic (exact) mass is 128 g/mol. The molecule has 0 aromatic rings. The molecule has 1 heterocycles. The number of hydrogen-bond donors (Lipinski definition) is 1. The van der Waals surface area contributed by atoms with Gasteiger partial charge in [-0.2, -0.15) is 0 Å². The molecule has 2 rings (SSSR count). The Bertz CT molecular complexity index is 135. The van der Waals surface area contributed by atoms with Crippen molar-refractivity contribution in [1.82, 2.24) is 0 Å². The maximum absolute atomic E-state index is 8.75. The highest BCUT2D eigenvalue weighted by molar-refractivity contribution is 5.06. The van der Waals surface area contributed by atoms with E-state index in [1.165, 1.54) is 6.42 Å². The lowest BCUT2D eigenvalue weighted by Crippen LogP contribution is -2.14. The van der Waals surface area contributed by atoms with E-state index in [1.807, 2.05) is 0 Å². The van der Waals surface area contributed by atoms with Gasteiger partial charge in [0.1, 0.15) is 0 Å². The number of hydrogen-bond acceptors (Lipinski definition) is 2. The van der Waals surface area contributed by atoms with Gasteiger partial charge in [-0.3, -0.25) is 0 Å². The molecule has 2 fully saturated rings. The number of ether oxygens (including phenoxy) is 1. The molecule has 0 aromatic carbocycles. The Labute approximate surface area is 54.8 Å². The first-order valence-electron chi connectivity index (χ1n) is 3.49. The number of aliphatic hydroxyl groups is 1. The summed E-state index contributed by atoms with van der Waals surface area (Å²) in [4.78, 5) is 0. The van der Waals surface area contributed by atoms with Crippen LogP contribution in [0.2, 0.25) is 0 Å². The molecule has 9 heavy (non-hydrogen) atoms. The van der Waals surface area contributed by atoms with Crippen molar-refractivity contribution in [1.29, 1.82) is 0 Å². The van der Waals surface area contributed by atoms with Crippen molar-refractivity contribution < 1.29 is 9.84 Å². The zero-order valence-corrected chi connectivity index (χ0v) is 5.63. The van der Waals surface area contributed by atoms with Gasteiger partial charge in [0.05, 0.1) is 19.3 Å². The number of fused-ring (bicyclic) bond motifs is 1. The SMILES string of the molecule is C[C@@]12CO[C@H](CO)C1C2. The van der Waals surface area contributed by atoms with Crippen molar-refractivity contribution in [2.24, 2.45) is 11.3 Å². The Morgan fingerprint density at radius 1 is 1.78 bits per heavy atom. The van der Waals surface area contributed by atoms with Gasteiger partial charge in [0.2, 0.25) is 0 Å². The molecule has 1 unspecified atom stereocenters. The van der Waals surface area contributed by atoms with Gasteiger partial charge in [-0.25, -0.2) is 0 Å². The second kappa shape index (κ2) is 1.50. The van der Waals surface area contributed by atoms with Crippen molar-refractivity contribution in [3.05, 3.63) is 0 Å². The van der Waals surface area contributed by atoms with E-state index in [1.54, 1.807) is 0 Å². The molecule has 2 aliphatic rings. The van der Waals surface area contributed by atoms with E-state index in [-0.39, 0.29) is 12.7 Å². The Hall–Kier alpha value is -0.0800. The molecular formula is C7H12O2. The number of aliphatic hydroxyl groups excluding tert-OH is 1. The molecule has 1 saturated carbocycles. The molecule has 52 valence electrons. The predicted octanol–water partition coefficient (Wildman–Crippen LogP) is 0.404. The lowest BCUT2D eigenvalue weighted by molar-refractivity contribution is 0.0303. The van der Waals surface area contributed by atoms with E-state index >= 15 is 0 Å². The van der Waals surface area contributed by atoms with Gasteiger partial charge in [0.15, 0.2) is 0 Å². The molecule has 0 amide bonds. The summed E-state index contributed by atoms with van der Waals surface area (Å²) in [7, 11) is 0. The summed E-state index contributed by atoms with van der Waals surface area (Å²) >= 11 is 0. The van der Waals surface area contributed by atoms with Gasteiger partial charge in [-0.05, 0) is 17.8 Å². The Morgan fingerprint density at radius 3 is 2.78 bits per heavy atom. The molecule has 0 aromatic heterocycles. The molecule has 0 radical (unpaired) electrons. The van der Waals surface area contributed by atoms with Crippen molar-refractivity contribution >= 4 is 0 Å². The minimum absolute atomic E-state index is 0.162. The summed E-state index contributed by atoms with van der Waals surface area (Å²) in [6.45, 7) is 3.30. The fraction of sp³-hybridized carbons (Fsp3) is 1.00. The maximum Gasteiger partial charge on any atom is 0.0840 e. The van der Waals surface area contributed by atoms with E-state index in [0.29, 0.717) is 11.3 Å². The van der Waals surface area contributed by atoms with Crippen LogP contribution in [0.3, 0.4) is 0 Å². The smallest absolute Gasteiger partial charge is 0.0840 e. The molecular weight excluding hydrogens is 116 g/mol. The first-order valence-corrected chi connectivity index (χ1v) is 3.49. The molecule has 3 atom stereocenters. The topological polar surface area (TPSA) is 29.5 Å². The lowest BCUT2D eigenvalue weighted by atomic mass is 10.1. The molecule has 2 nitrogen and oxygen atoms in total. The molecule has 2 heteroatoms. The fourth-order valence-electron chi connectivity index (χ4n) is 1.78. The highest BCUT2D eigenvalue weighted by Crippen LogP contribution is 2.59. The predicted molar refractivity (Wildman–Crippen MR) is 33.0 cm³/mol. The minimum Gasteiger partial charge on any atom is -0.394 e. The third kappa shape index (κ3) is 0.634. The van der Waals surface area contributed by atoms with Gasteiger partial charge < -0.3 is 9.84 Å². The van der Waals surface area contributed by atoms with Crippen molar-refractivity contribution in [2.45, 2.75) is 19.4 Å². The van der Waals surface area contributed by atoms with Crippen LogP contribution in [0.25, 0.3) is 0 Å². The standard InChI is InChI=1S/C7H12O2/c1-7-2-5(7)6(3-8)9-4-7/h5-6,8H,2-4H2,1H3/t5?,6-,7-/m1/s1. The summed E-state index contributed by atoms with van der Waals surface area (Å²) in [5, 5.41) is 8.75. The van der Waals surface area contributed by atoms with Gasteiger partial charge in [-0.1, -0.05) is 6.92 Å². The normalized spacial score (nSPS) is 55.3. The first-order chi connectivity index (χ1) is 4.26. The van der Waals surface area contributed by atoms with E-state index in [0.717, 1.165) is 6.61 Å². The van der Waals surface area contributed by atoms with E-state index in [4.69, 9.17) is 9.84 Å². The first kappa shape index (κ1) is 5.69. The lowest BCUT2D eigenvalue weighted by Gasteiger charge is -2.06. The average molecular weight is 128 g/mol. The summed E-state index contributed by atoms with van der Waals surface area (Å²) in [5.41, 5.74) is 0.452. The third-order valence-electron chi connectivity index (χ3n) is 2.68. The highest BCUT2D eigenvalue weighted by Gasteiger charge is 2.59. The van der Waals surface area contributed by atoms with Gasteiger partial charge in [0.25, 0.3) is 0 Å². The van der Waals surface area contributed by atoms with Crippen LogP contribution in [0, 0.1) is 11.3 Å². The number of rotatable bonds is 1. The second-order valence-electron chi connectivity index (χ2n) is 3.50. The molecule has 1 aliphatic heterocycles. The fourth-order valence-corrected chi connectivity index (χ4v) is 1.78.